The Morgan fingerprint density at radius 3 is 2.58 bits per heavy atom. The molecule has 0 unspecified atom stereocenters. The normalized spacial score (nSPS) is 11.0. The first-order chi connectivity index (χ1) is 8.85. The molecule has 0 aliphatic heterocycles. The molecule has 0 spiro atoms. The molecular formula is C14H23N3O2. The maximum atomic E-state index is 11.8. The summed E-state index contributed by atoms with van der Waals surface area (Å²) >= 11 is 0. The van der Waals surface area contributed by atoms with Gasteiger partial charge in [0.15, 0.2) is 0 Å². The molecule has 0 atom stereocenters. The van der Waals surface area contributed by atoms with E-state index in [0.29, 0.717) is 18.8 Å². The monoisotopic (exact) mass is 265 g/mol. The number of rotatable bonds is 4. The molecule has 19 heavy (non-hydrogen) atoms. The van der Waals surface area contributed by atoms with Crippen LogP contribution in [0.4, 0.5) is 10.5 Å². The summed E-state index contributed by atoms with van der Waals surface area (Å²) in [5.74, 6) is 0.756. The predicted molar refractivity (Wildman–Crippen MR) is 77.4 cm³/mol. The number of hydrogen-bond acceptors (Lipinski definition) is 3. The minimum atomic E-state index is -0.272. The second-order valence-electron chi connectivity index (χ2n) is 5.29. The number of nitrogens with one attached hydrogen (secondary N) is 2. The Labute approximate surface area is 114 Å². The summed E-state index contributed by atoms with van der Waals surface area (Å²) in [6.45, 7) is 8.65. The number of ether oxygens (including phenoxy) is 1. The van der Waals surface area contributed by atoms with Crippen molar-refractivity contribution in [3.63, 3.8) is 0 Å². The molecule has 1 aromatic carbocycles. The highest BCUT2D eigenvalue weighted by Crippen LogP contribution is 2.22. The van der Waals surface area contributed by atoms with Gasteiger partial charge in [0.25, 0.3) is 0 Å². The van der Waals surface area contributed by atoms with Crippen LogP contribution in [0.3, 0.4) is 0 Å². The molecule has 0 fully saturated rings. The molecule has 4 N–H and O–H groups in total. The number of hydrogen-bond donors (Lipinski definition) is 3. The van der Waals surface area contributed by atoms with E-state index in [1.807, 2.05) is 39.8 Å². The second-order valence-corrected chi connectivity index (χ2v) is 5.29. The van der Waals surface area contributed by atoms with E-state index in [2.05, 4.69) is 10.6 Å². The molecule has 0 heterocycles. The molecule has 5 nitrogen and oxygen atoms in total. The smallest absolute Gasteiger partial charge is 0.319 e. The van der Waals surface area contributed by atoms with Gasteiger partial charge in [-0.2, -0.15) is 0 Å². The molecule has 0 bridgehead atoms. The van der Waals surface area contributed by atoms with Gasteiger partial charge in [0, 0.05) is 23.3 Å². The van der Waals surface area contributed by atoms with Gasteiger partial charge in [0.1, 0.15) is 5.75 Å². The van der Waals surface area contributed by atoms with Crippen molar-refractivity contribution in [2.24, 2.45) is 5.73 Å². The zero-order chi connectivity index (χ0) is 14.5. The van der Waals surface area contributed by atoms with E-state index in [1.54, 1.807) is 6.07 Å². The molecule has 2 amide bonds. The van der Waals surface area contributed by atoms with Crippen LogP contribution in [-0.4, -0.2) is 18.2 Å². The van der Waals surface area contributed by atoms with Crippen molar-refractivity contribution in [2.75, 3.05) is 11.9 Å². The summed E-state index contributed by atoms with van der Waals surface area (Å²) in [6, 6.07) is 5.21. The van der Waals surface area contributed by atoms with Crippen LogP contribution in [0.15, 0.2) is 18.2 Å². The van der Waals surface area contributed by atoms with E-state index in [4.69, 9.17) is 10.5 Å². The average molecular weight is 265 g/mol. The zero-order valence-corrected chi connectivity index (χ0v) is 12.0. The van der Waals surface area contributed by atoms with Crippen LogP contribution in [0, 0.1) is 0 Å². The minimum absolute atomic E-state index is 0.236. The van der Waals surface area contributed by atoms with Crippen LogP contribution in [0.1, 0.15) is 33.3 Å². The molecule has 1 rings (SSSR count). The number of amides is 2. The lowest BCUT2D eigenvalue weighted by molar-refractivity contribution is 0.244. The predicted octanol–water partition coefficient (Wildman–Crippen LogP) is 2.46. The first-order valence-electron chi connectivity index (χ1n) is 6.40. The maximum absolute atomic E-state index is 11.8. The highest BCUT2D eigenvalue weighted by Gasteiger charge is 2.14. The van der Waals surface area contributed by atoms with Gasteiger partial charge in [-0.25, -0.2) is 4.79 Å². The van der Waals surface area contributed by atoms with Crippen LogP contribution >= 0.6 is 0 Å². The summed E-state index contributed by atoms with van der Waals surface area (Å²) in [4.78, 5) is 11.8. The molecule has 0 radical (unpaired) electrons. The van der Waals surface area contributed by atoms with Gasteiger partial charge in [0.2, 0.25) is 0 Å². The average Bonchev–Trinajstić information content (AvgIpc) is 2.28. The number of urea groups is 1. The van der Waals surface area contributed by atoms with E-state index < -0.39 is 0 Å². The zero-order valence-electron chi connectivity index (χ0n) is 12.0. The first kappa shape index (κ1) is 15.3. The van der Waals surface area contributed by atoms with Crippen molar-refractivity contribution in [3.05, 3.63) is 23.8 Å². The Bertz CT molecular complexity index is 439. The van der Waals surface area contributed by atoms with Crippen LogP contribution in [0.25, 0.3) is 0 Å². The van der Waals surface area contributed by atoms with Gasteiger partial charge in [-0.3, -0.25) is 0 Å². The van der Waals surface area contributed by atoms with Crippen molar-refractivity contribution in [3.8, 4) is 5.75 Å². The Morgan fingerprint density at radius 1 is 1.37 bits per heavy atom. The highest BCUT2D eigenvalue weighted by molar-refractivity contribution is 5.89. The topological polar surface area (TPSA) is 76.4 Å². The third kappa shape index (κ3) is 5.18. The molecule has 1 aromatic rings. The molecule has 0 aliphatic carbocycles. The van der Waals surface area contributed by atoms with Gasteiger partial charge in [0.05, 0.1) is 6.61 Å². The Hall–Kier alpha value is -1.75. The van der Waals surface area contributed by atoms with Gasteiger partial charge in [-0.1, -0.05) is 0 Å². The highest BCUT2D eigenvalue weighted by atomic mass is 16.5. The summed E-state index contributed by atoms with van der Waals surface area (Å²) in [6.07, 6.45) is 0. The molecule has 0 aliphatic rings. The first-order valence-corrected chi connectivity index (χ1v) is 6.40. The fourth-order valence-electron chi connectivity index (χ4n) is 1.62. The number of nitrogens with two attached hydrogens (primary N) is 1. The van der Waals surface area contributed by atoms with E-state index in [1.165, 1.54) is 0 Å². The van der Waals surface area contributed by atoms with Gasteiger partial charge < -0.3 is 21.1 Å². The van der Waals surface area contributed by atoms with E-state index in [0.717, 1.165) is 11.3 Å². The van der Waals surface area contributed by atoms with Gasteiger partial charge >= 0.3 is 6.03 Å². The van der Waals surface area contributed by atoms with Crippen LogP contribution in [0.2, 0.25) is 0 Å². The molecular weight excluding hydrogens is 242 g/mol. The summed E-state index contributed by atoms with van der Waals surface area (Å²) in [7, 11) is 0. The van der Waals surface area contributed by atoms with Crippen molar-refractivity contribution in [2.45, 2.75) is 39.8 Å². The quantitative estimate of drug-likeness (QED) is 0.782. The number of benzene rings is 1. The molecule has 5 heteroatoms. The maximum Gasteiger partial charge on any atom is 0.319 e. The van der Waals surface area contributed by atoms with Gasteiger partial charge in [-0.05, 0) is 45.9 Å². The second kappa shape index (κ2) is 6.43. The number of carbonyl (C=O) groups is 1. The van der Waals surface area contributed by atoms with Crippen molar-refractivity contribution in [1.82, 2.24) is 5.32 Å². The lowest BCUT2D eigenvalue weighted by atomic mass is 10.1. The van der Waals surface area contributed by atoms with Crippen molar-refractivity contribution < 1.29 is 9.53 Å². The Balaban J connectivity index is 2.77. The lowest BCUT2D eigenvalue weighted by Crippen LogP contribution is -2.43. The van der Waals surface area contributed by atoms with Crippen LogP contribution in [-0.2, 0) is 6.54 Å². The van der Waals surface area contributed by atoms with E-state index >= 15 is 0 Å². The van der Waals surface area contributed by atoms with E-state index in [9.17, 15) is 4.79 Å². The fraction of sp³-hybridized carbons (Fsp3) is 0.500. The SMILES string of the molecule is CCOc1ccc(NC(=O)NC(C)(C)C)cc1CN. The van der Waals surface area contributed by atoms with E-state index in [-0.39, 0.29) is 11.6 Å². The molecule has 0 saturated heterocycles. The van der Waals surface area contributed by atoms with Crippen molar-refractivity contribution >= 4 is 11.7 Å². The Morgan fingerprint density at radius 2 is 2.05 bits per heavy atom. The molecule has 106 valence electrons. The fourth-order valence-corrected chi connectivity index (χ4v) is 1.62. The lowest BCUT2D eigenvalue weighted by Gasteiger charge is -2.21. The minimum Gasteiger partial charge on any atom is -0.494 e. The van der Waals surface area contributed by atoms with Crippen LogP contribution in [0.5, 0.6) is 5.75 Å². The number of anilines is 1. The Kier molecular flexibility index (Phi) is 5.18. The largest absolute Gasteiger partial charge is 0.494 e. The van der Waals surface area contributed by atoms with Crippen LogP contribution < -0.4 is 21.1 Å². The standard InChI is InChI=1S/C14H23N3O2/c1-5-19-12-7-6-11(8-10(12)9-15)16-13(18)17-14(2,3)4/h6-8H,5,9,15H2,1-4H3,(H2,16,17,18). The molecule has 0 saturated carbocycles. The molecule has 0 aromatic heterocycles. The third-order valence-electron chi connectivity index (χ3n) is 2.33. The van der Waals surface area contributed by atoms with Crippen molar-refractivity contribution in [1.29, 1.82) is 0 Å². The summed E-state index contributed by atoms with van der Waals surface area (Å²) in [5, 5.41) is 5.61. The summed E-state index contributed by atoms with van der Waals surface area (Å²) < 4.78 is 5.46. The van der Waals surface area contributed by atoms with Gasteiger partial charge in [-0.15, -0.1) is 0 Å². The number of carbonyl (C=O) groups excluding carboxylic acids is 1. The summed E-state index contributed by atoms with van der Waals surface area (Å²) in [5.41, 5.74) is 6.97. The third-order valence-corrected chi connectivity index (χ3v) is 2.33.